The average molecular weight is 525 g/mol. The molecule has 2 aliphatic rings. The number of H-pyrrole nitrogens is 1. The maximum Gasteiger partial charge on any atom is 0.449 e. The molecule has 0 saturated carbocycles. The van der Waals surface area contributed by atoms with Gasteiger partial charge in [-0.2, -0.15) is 0 Å². The van der Waals surface area contributed by atoms with Gasteiger partial charge < -0.3 is 29.2 Å². The van der Waals surface area contributed by atoms with Crippen molar-refractivity contribution in [3.63, 3.8) is 0 Å². The number of anilines is 1. The number of ether oxygens (including phenoxy) is 3. The topological polar surface area (TPSA) is 101 Å². The number of hydrogen-bond donors (Lipinski definition) is 2. The molecule has 0 bridgehead atoms. The molecule has 2 aromatic carbocycles. The van der Waals surface area contributed by atoms with Gasteiger partial charge in [0.15, 0.2) is 6.10 Å². The Hall–Kier alpha value is -3.63. The van der Waals surface area contributed by atoms with Crippen molar-refractivity contribution >= 4 is 50.1 Å². The number of halogens is 1. The molecule has 192 valence electrons. The molecule has 2 N–H and O–H groups in total. The van der Waals surface area contributed by atoms with Gasteiger partial charge in [-0.05, 0) is 74.4 Å². The third kappa shape index (κ3) is 4.10. The molecule has 2 aromatic heterocycles. The lowest BCUT2D eigenvalue weighted by atomic mass is 9.90. The van der Waals surface area contributed by atoms with Crippen molar-refractivity contribution in [2.45, 2.75) is 50.7 Å². The van der Waals surface area contributed by atoms with Crippen molar-refractivity contribution in [1.82, 2.24) is 4.98 Å². The number of aliphatic hydroxyl groups is 1. The summed E-state index contributed by atoms with van der Waals surface area (Å²) >= 11 is 1.67. The predicted molar refractivity (Wildman–Crippen MR) is 136 cm³/mol. The third-order valence-electron chi connectivity index (χ3n) is 7.10. The van der Waals surface area contributed by atoms with Crippen LogP contribution in [0.5, 0.6) is 5.75 Å². The molecule has 37 heavy (non-hydrogen) atoms. The van der Waals surface area contributed by atoms with Crippen LogP contribution in [0.3, 0.4) is 0 Å². The predicted octanol–water partition coefficient (Wildman–Crippen LogP) is 4.81. The largest absolute Gasteiger partial charge is 0.449 e. The van der Waals surface area contributed by atoms with Gasteiger partial charge >= 0.3 is 17.9 Å². The summed E-state index contributed by atoms with van der Waals surface area (Å²) in [6.07, 6.45) is 0.488. The second kappa shape index (κ2) is 8.74. The monoisotopic (exact) mass is 524 g/mol. The Morgan fingerprint density at radius 3 is 2.70 bits per heavy atom. The second-order valence-corrected chi connectivity index (χ2v) is 10.7. The quantitative estimate of drug-likeness (QED) is 0.286. The first-order valence-electron chi connectivity index (χ1n) is 12.1. The van der Waals surface area contributed by atoms with Crippen LogP contribution in [0.1, 0.15) is 37.5 Å². The number of nitrogens with zero attached hydrogens (tertiary/aromatic N) is 1. The number of nitrogens with one attached hydrogen (secondary N) is 1. The number of fused-ring (bicyclic) bond motifs is 2. The van der Waals surface area contributed by atoms with Crippen LogP contribution in [0.4, 0.5) is 10.2 Å². The number of aromatic amines is 1. The van der Waals surface area contributed by atoms with Crippen LogP contribution in [-0.4, -0.2) is 46.7 Å². The van der Waals surface area contributed by atoms with Crippen LogP contribution in [0.15, 0.2) is 48.5 Å². The lowest BCUT2D eigenvalue weighted by Crippen LogP contribution is -2.47. The van der Waals surface area contributed by atoms with E-state index in [1.807, 2.05) is 18.2 Å². The fraction of sp³-hybridized carbons (Fsp3) is 0.333. The summed E-state index contributed by atoms with van der Waals surface area (Å²) in [5.41, 5.74) is 0.782. The zero-order valence-corrected chi connectivity index (χ0v) is 21.0. The van der Waals surface area contributed by atoms with E-state index in [4.69, 9.17) is 14.2 Å². The standard InChI is InChI=1S/C27H25FN2O6S/c1-14-10-17(22-11-16-6-7-18(28)12-23(16)37-22)8-9-30(14)24-13-19-20(29-24)4-3-5-21(19)34-27(15(2)31)35-25(32)26(33)36-27/h3-7,11-15,17,29,31H,8-10H2,1-2H3/t14-,15+,17-/m1/s1. The number of thiophene rings is 1. The molecule has 2 aliphatic heterocycles. The Morgan fingerprint density at radius 1 is 1.19 bits per heavy atom. The molecule has 4 heterocycles. The van der Waals surface area contributed by atoms with Crippen molar-refractivity contribution in [3.8, 4) is 5.75 Å². The summed E-state index contributed by atoms with van der Waals surface area (Å²) in [6.45, 7) is 4.32. The molecule has 0 spiro atoms. The zero-order valence-electron chi connectivity index (χ0n) is 20.2. The van der Waals surface area contributed by atoms with Crippen molar-refractivity contribution < 1.29 is 33.3 Å². The maximum absolute atomic E-state index is 13.6. The SMILES string of the molecule is C[C@@H]1C[C@H](c2cc3ccc(F)cc3s2)CCN1c1cc2c(OC3([C@H](C)O)OC(=O)C(=O)O3)cccc2[nH]1. The van der Waals surface area contributed by atoms with E-state index in [-0.39, 0.29) is 11.9 Å². The number of aromatic nitrogens is 1. The lowest BCUT2D eigenvalue weighted by Gasteiger charge is -2.38. The number of piperidine rings is 1. The molecule has 6 rings (SSSR count). The molecular weight excluding hydrogens is 499 g/mol. The highest BCUT2D eigenvalue weighted by Crippen LogP contribution is 2.41. The Morgan fingerprint density at radius 2 is 1.97 bits per heavy atom. The Bertz CT molecular complexity index is 1510. The number of carbonyl (C=O) groups is 2. The van der Waals surface area contributed by atoms with Crippen molar-refractivity contribution in [1.29, 1.82) is 0 Å². The maximum atomic E-state index is 13.6. The molecule has 0 unspecified atom stereocenters. The van der Waals surface area contributed by atoms with Crippen LogP contribution < -0.4 is 9.64 Å². The van der Waals surface area contributed by atoms with Gasteiger partial charge in [0.05, 0.1) is 5.52 Å². The van der Waals surface area contributed by atoms with Crippen molar-refractivity contribution in [2.24, 2.45) is 0 Å². The van der Waals surface area contributed by atoms with E-state index in [9.17, 15) is 19.1 Å². The summed E-state index contributed by atoms with van der Waals surface area (Å²) in [6, 6.07) is 14.6. The summed E-state index contributed by atoms with van der Waals surface area (Å²) in [5.74, 6) is -3.29. The molecule has 2 saturated heterocycles. The van der Waals surface area contributed by atoms with Gasteiger partial charge in [-0.25, -0.2) is 14.0 Å². The van der Waals surface area contributed by atoms with Crippen LogP contribution in [0, 0.1) is 5.82 Å². The fourth-order valence-electron chi connectivity index (χ4n) is 5.18. The number of cyclic esters (lactones) is 2. The number of carbonyl (C=O) groups excluding carboxylic acids is 2. The third-order valence-corrected chi connectivity index (χ3v) is 8.36. The van der Waals surface area contributed by atoms with Gasteiger partial charge in [-0.1, -0.05) is 12.1 Å². The minimum absolute atomic E-state index is 0.213. The average Bonchev–Trinajstić information content (AvgIpc) is 3.55. The van der Waals surface area contributed by atoms with Gasteiger partial charge in [0.1, 0.15) is 17.4 Å². The minimum Gasteiger partial charge on any atom is -0.418 e. The molecule has 2 fully saturated rings. The van der Waals surface area contributed by atoms with Crippen molar-refractivity contribution in [3.05, 3.63) is 59.2 Å². The Balaban J connectivity index is 1.24. The van der Waals surface area contributed by atoms with Crippen LogP contribution in [0.2, 0.25) is 0 Å². The first-order chi connectivity index (χ1) is 17.7. The molecule has 0 aliphatic carbocycles. The molecular formula is C27H25FN2O6S. The van der Waals surface area contributed by atoms with Crippen LogP contribution in [0.25, 0.3) is 21.0 Å². The van der Waals surface area contributed by atoms with E-state index < -0.39 is 24.0 Å². The molecule has 0 radical (unpaired) electrons. The normalized spacial score (nSPS) is 22.3. The summed E-state index contributed by atoms with van der Waals surface area (Å²) in [4.78, 5) is 30.4. The highest BCUT2D eigenvalue weighted by Gasteiger charge is 2.56. The lowest BCUT2D eigenvalue weighted by molar-refractivity contribution is -0.313. The van der Waals surface area contributed by atoms with Crippen LogP contribution in [-0.2, 0) is 19.1 Å². The van der Waals surface area contributed by atoms with Gasteiger partial charge in [-0.15, -0.1) is 11.3 Å². The van der Waals surface area contributed by atoms with E-state index in [2.05, 4.69) is 22.9 Å². The van der Waals surface area contributed by atoms with Gasteiger partial charge in [0, 0.05) is 27.5 Å². The smallest absolute Gasteiger partial charge is 0.418 e. The van der Waals surface area contributed by atoms with Gasteiger partial charge in [0.2, 0.25) is 0 Å². The molecule has 10 heteroatoms. The first-order valence-corrected chi connectivity index (χ1v) is 12.9. The first kappa shape index (κ1) is 23.7. The van der Waals surface area contributed by atoms with E-state index in [0.717, 1.165) is 40.8 Å². The van der Waals surface area contributed by atoms with E-state index >= 15 is 0 Å². The fourth-order valence-corrected chi connectivity index (χ4v) is 6.42. The van der Waals surface area contributed by atoms with Gasteiger partial charge in [0.25, 0.3) is 0 Å². The number of benzene rings is 2. The van der Waals surface area contributed by atoms with E-state index in [0.29, 0.717) is 17.1 Å². The minimum atomic E-state index is -2.24. The summed E-state index contributed by atoms with van der Waals surface area (Å²) in [7, 11) is 0. The number of rotatable bonds is 5. The Labute approximate surface area is 215 Å². The number of esters is 2. The zero-order chi connectivity index (χ0) is 25.9. The number of hydrogen-bond acceptors (Lipinski definition) is 8. The highest BCUT2D eigenvalue weighted by molar-refractivity contribution is 7.19. The molecule has 8 nitrogen and oxygen atoms in total. The summed E-state index contributed by atoms with van der Waals surface area (Å²) < 4.78 is 30.4. The highest BCUT2D eigenvalue weighted by atomic mass is 32.1. The second-order valence-electron chi connectivity index (χ2n) is 9.63. The summed E-state index contributed by atoms with van der Waals surface area (Å²) in [5, 5.41) is 11.9. The van der Waals surface area contributed by atoms with Crippen molar-refractivity contribution in [2.75, 3.05) is 11.4 Å². The molecule has 0 amide bonds. The van der Waals surface area contributed by atoms with E-state index in [1.165, 1.54) is 17.9 Å². The number of aliphatic hydroxyl groups excluding tert-OH is 1. The van der Waals surface area contributed by atoms with Crippen LogP contribution >= 0.6 is 11.3 Å². The van der Waals surface area contributed by atoms with E-state index in [1.54, 1.807) is 29.5 Å². The molecule has 3 atom stereocenters. The molecule has 4 aromatic rings. The Kier molecular flexibility index (Phi) is 5.61. The van der Waals surface area contributed by atoms with Gasteiger partial charge in [-0.3, -0.25) is 0 Å².